The second-order valence-electron chi connectivity index (χ2n) is 6.51. The van der Waals surface area contributed by atoms with Gasteiger partial charge in [0.05, 0.1) is 6.61 Å². The van der Waals surface area contributed by atoms with Crippen molar-refractivity contribution in [3.63, 3.8) is 0 Å². The lowest BCUT2D eigenvalue weighted by molar-refractivity contribution is 0.0513. The predicted octanol–water partition coefficient (Wildman–Crippen LogP) is 1.66. The first-order valence-electron chi connectivity index (χ1n) is 9.27. The summed E-state index contributed by atoms with van der Waals surface area (Å²) in [4.78, 5) is 4.32. The van der Waals surface area contributed by atoms with Crippen LogP contribution in [0.25, 0.3) is 0 Å². The maximum absolute atomic E-state index is 5.62. The van der Waals surface area contributed by atoms with E-state index in [1.807, 2.05) is 13.0 Å². The molecular formula is C19H29N3O4. The minimum atomic E-state index is -0.0171. The minimum Gasteiger partial charge on any atom is -0.454 e. The van der Waals surface area contributed by atoms with Gasteiger partial charge in [-0.15, -0.1) is 0 Å². The molecule has 0 atom stereocenters. The summed E-state index contributed by atoms with van der Waals surface area (Å²) in [6, 6.07) is 6.26. The van der Waals surface area contributed by atoms with Gasteiger partial charge >= 0.3 is 0 Å². The number of guanidine groups is 1. The van der Waals surface area contributed by atoms with Gasteiger partial charge < -0.3 is 29.6 Å². The van der Waals surface area contributed by atoms with E-state index in [1.165, 1.54) is 5.56 Å². The van der Waals surface area contributed by atoms with Crippen molar-refractivity contribution in [3.8, 4) is 11.5 Å². The molecule has 7 heteroatoms. The van der Waals surface area contributed by atoms with Gasteiger partial charge in [0, 0.05) is 45.4 Å². The number of nitrogens with one attached hydrogen (secondary N) is 2. The van der Waals surface area contributed by atoms with Crippen LogP contribution in [0.2, 0.25) is 0 Å². The molecular weight excluding hydrogens is 334 g/mol. The molecule has 1 aromatic rings. The van der Waals surface area contributed by atoms with Gasteiger partial charge in [-0.1, -0.05) is 6.07 Å². The molecule has 0 aromatic heterocycles. The van der Waals surface area contributed by atoms with Gasteiger partial charge in [0.15, 0.2) is 17.5 Å². The molecule has 0 spiro atoms. The van der Waals surface area contributed by atoms with Crippen LogP contribution < -0.4 is 20.1 Å². The Kier molecular flexibility index (Phi) is 6.57. The van der Waals surface area contributed by atoms with Crippen molar-refractivity contribution < 1.29 is 18.9 Å². The van der Waals surface area contributed by atoms with Crippen molar-refractivity contribution in [2.75, 3.05) is 53.4 Å². The van der Waals surface area contributed by atoms with E-state index >= 15 is 0 Å². The van der Waals surface area contributed by atoms with Crippen LogP contribution in [-0.2, 0) is 14.9 Å². The second kappa shape index (κ2) is 9.09. The number of hydrogen-bond acceptors (Lipinski definition) is 5. The third kappa shape index (κ3) is 4.40. The fraction of sp³-hybridized carbons (Fsp3) is 0.632. The van der Waals surface area contributed by atoms with Crippen LogP contribution in [-0.4, -0.2) is 59.3 Å². The van der Waals surface area contributed by atoms with Gasteiger partial charge in [-0.25, -0.2) is 0 Å². The van der Waals surface area contributed by atoms with Crippen molar-refractivity contribution in [2.45, 2.75) is 25.2 Å². The van der Waals surface area contributed by atoms with E-state index in [9.17, 15) is 0 Å². The molecule has 26 heavy (non-hydrogen) atoms. The summed E-state index contributed by atoms with van der Waals surface area (Å²) in [5.41, 5.74) is 1.24. The van der Waals surface area contributed by atoms with Gasteiger partial charge in [0.1, 0.15) is 0 Å². The second-order valence-corrected chi connectivity index (χ2v) is 6.51. The molecule has 2 N–H and O–H groups in total. The van der Waals surface area contributed by atoms with Gasteiger partial charge in [-0.05, 0) is 37.5 Å². The zero-order valence-corrected chi connectivity index (χ0v) is 15.7. The van der Waals surface area contributed by atoms with Crippen molar-refractivity contribution in [3.05, 3.63) is 23.8 Å². The molecule has 2 heterocycles. The van der Waals surface area contributed by atoms with E-state index in [2.05, 4.69) is 27.8 Å². The summed E-state index contributed by atoms with van der Waals surface area (Å²) >= 11 is 0. The number of hydrogen-bond donors (Lipinski definition) is 2. The Labute approximate surface area is 155 Å². The molecule has 0 radical (unpaired) electrons. The van der Waals surface area contributed by atoms with Crippen LogP contribution in [0.5, 0.6) is 11.5 Å². The smallest absolute Gasteiger partial charge is 0.231 e. The van der Waals surface area contributed by atoms with Crippen LogP contribution in [0.3, 0.4) is 0 Å². The quantitative estimate of drug-likeness (QED) is 0.436. The third-order valence-electron chi connectivity index (χ3n) is 5.00. The van der Waals surface area contributed by atoms with Crippen LogP contribution in [0.4, 0.5) is 0 Å². The number of benzene rings is 1. The first-order chi connectivity index (χ1) is 12.8. The molecule has 0 bridgehead atoms. The Balaban J connectivity index is 1.67. The standard InChI is InChI=1S/C19H29N3O4/c1-3-23-11-8-21-18(20-2)22-13-19(6-9-24-10-7-19)15-4-5-16-17(12-15)26-14-25-16/h4-5,12H,3,6-11,13-14H2,1-2H3,(H2,20,21,22). The molecule has 1 saturated heterocycles. The first kappa shape index (κ1) is 18.8. The Bertz CT molecular complexity index is 615. The topological polar surface area (TPSA) is 73.3 Å². The highest BCUT2D eigenvalue weighted by Crippen LogP contribution is 2.40. The molecule has 1 fully saturated rings. The predicted molar refractivity (Wildman–Crippen MR) is 100 cm³/mol. The molecule has 0 amide bonds. The Morgan fingerprint density at radius 1 is 1.19 bits per heavy atom. The highest BCUT2D eigenvalue weighted by atomic mass is 16.7. The van der Waals surface area contributed by atoms with Crippen LogP contribution in [0, 0.1) is 0 Å². The lowest BCUT2D eigenvalue weighted by atomic mass is 9.74. The number of rotatable bonds is 7. The number of fused-ring (bicyclic) bond motifs is 1. The largest absolute Gasteiger partial charge is 0.454 e. The van der Waals surface area contributed by atoms with Crippen molar-refractivity contribution >= 4 is 5.96 Å². The summed E-state index contributed by atoms with van der Waals surface area (Å²) in [5, 5.41) is 6.77. The summed E-state index contributed by atoms with van der Waals surface area (Å²) in [7, 11) is 1.78. The lowest BCUT2D eigenvalue weighted by Crippen LogP contribution is -2.48. The van der Waals surface area contributed by atoms with E-state index in [-0.39, 0.29) is 5.41 Å². The van der Waals surface area contributed by atoms with Crippen molar-refractivity contribution in [1.82, 2.24) is 10.6 Å². The molecule has 2 aliphatic heterocycles. The monoisotopic (exact) mass is 363 g/mol. The highest BCUT2D eigenvalue weighted by molar-refractivity contribution is 5.79. The van der Waals surface area contributed by atoms with E-state index in [0.717, 1.165) is 63.2 Å². The van der Waals surface area contributed by atoms with Crippen molar-refractivity contribution in [2.24, 2.45) is 4.99 Å². The average Bonchev–Trinajstić information content (AvgIpc) is 3.16. The third-order valence-corrected chi connectivity index (χ3v) is 5.00. The molecule has 1 aromatic carbocycles. The van der Waals surface area contributed by atoms with Gasteiger partial charge in [0.2, 0.25) is 6.79 Å². The first-order valence-corrected chi connectivity index (χ1v) is 9.27. The zero-order chi connectivity index (χ0) is 18.2. The molecule has 3 rings (SSSR count). The highest BCUT2D eigenvalue weighted by Gasteiger charge is 2.35. The molecule has 0 saturated carbocycles. The fourth-order valence-corrected chi connectivity index (χ4v) is 3.42. The molecule has 144 valence electrons. The maximum atomic E-state index is 5.62. The normalized spacial score (nSPS) is 18.6. The minimum absolute atomic E-state index is 0.0171. The lowest BCUT2D eigenvalue weighted by Gasteiger charge is -2.38. The summed E-state index contributed by atoms with van der Waals surface area (Å²) in [5.74, 6) is 2.43. The summed E-state index contributed by atoms with van der Waals surface area (Å²) < 4.78 is 22.0. The fourth-order valence-electron chi connectivity index (χ4n) is 3.42. The van der Waals surface area contributed by atoms with Crippen LogP contribution in [0.15, 0.2) is 23.2 Å². The van der Waals surface area contributed by atoms with Crippen LogP contribution >= 0.6 is 0 Å². The summed E-state index contributed by atoms with van der Waals surface area (Å²) in [6.07, 6.45) is 1.91. The van der Waals surface area contributed by atoms with Crippen LogP contribution in [0.1, 0.15) is 25.3 Å². The van der Waals surface area contributed by atoms with Gasteiger partial charge in [-0.3, -0.25) is 4.99 Å². The molecule has 7 nitrogen and oxygen atoms in total. The van der Waals surface area contributed by atoms with Gasteiger partial charge in [0.25, 0.3) is 0 Å². The van der Waals surface area contributed by atoms with E-state index in [1.54, 1.807) is 7.05 Å². The summed E-state index contributed by atoms with van der Waals surface area (Å²) in [6.45, 7) is 6.70. The SMILES string of the molecule is CCOCCNC(=NC)NCC1(c2ccc3c(c2)OCO3)CCOCC1. The molecule has 0 unspecified atom stereocenters. The maximum Gasteiger partial charge on any atom is 0.231 e. The zero-order valence-electron chi connectivity index (χ0n) is 15.7. The Morgan fingerprint density at radius 2 is 2.00 bits per heavy atom. The Hall–Kier alpha value is -1.99. The van der Waals surface area contributed by atoms with Crippen molar-refractivity contribution in [1.29, 1.82) is 0 Å². The average molecular weight is 363 g/mol. The Morgan fingerprint density at radius 3 is 2.77 bits per heavy atom. The van der Waals surface area contributed by atoms with E-state index in [4.69, 9.17) is 18.9 Å². The van der Waals surface area contributed by atoms with E-state index in [0.29, 0.717) is 13.4 Å². The van der Waals surface area contributed by atoms with E-state index < -0.39 is 0 Å². The number of aliphatic imine (C=N–C) groups is 1. The number of nitrogens with zero attached hydrogens (tertiary/aromatic N) is 1. The molecule has 0 aliphatic carbocycles. The number of ether oxygens (including phenoxy) is 4. The van der Waals surface area contributed by atoms with Gasteiger partial charge in [-0.2, -0.15) is 0 Å². The molecule has 2 aliphatic rings.